The standard InChI is InChI=1S/C11H8BrNO3/c1-16-11(15)4-7-2-8(5-13)10(12)3-9(7)6-14/h2-3,6H,4H2,1H3. The SMILES string of the molecule is COC(=O)Cc1cc(C#N)c(Br)cc1C=O. The molecule has 0 bridgehead atoms. The van der Waals surface area contributed by atoms with Crippen molar-refractivity contribution in [3.63, 3.8) is 0 Å². The van der Waals surface area contributed by atoms with Gasteiger partial charge in [-0.05, 0) is 33.6 Å². The van der Waals surface area contributed by atoms with Crippen molar-refractivity contribution in [2.24, 2.45) is 0 Å². The van der Waals surface area contributed by atoms with E-state index in [0.29, 0.717) is 27.4 Å². The highest BCUT2D eigenvalue weighted by Gasteiger charge is 2.11. The van der Waals surface area contributed by atoms with Gasteiger partial charge in [0.15, 0.2) is 0 Å². The molecule has 0 atom stereocenters. The van der Waals surface area contributed by atoms with Crippen molar-refractivity contribution in [2.75, 3.05) is 7.11 Å². The van der Waals surface area contributed by atoms with Crippen LogP contribution in [0.4, 0.5) is 0 Å². The van der Waals surface area contributed by atoms with E-state index < -0.39 is 5.97 Å². The maximum atomic E-state index is 11.1. The number of aldehydes is 1. The fraction of sp³-hybridized carbons (Fsp3) is 0.182. The summed E-state index contributed by atoms with van der Waals surface area (Å²) in [7, 11) is 1.27. The normalized spacial score (nSPS) is 9.31. The summed E-state index contributed by atoms with van der Waals surface area (Å²) in [6, 6.07) is 4.99. The molecule has 82 valence electrons. The first-order valence-corrected chi connectivity index (χ1v) is 5.16. The van der Waals surface area contributed by atoms with E-state index in [1.165, 1.54) is 19.2 Å². The number of methoxy groups -OCH3 is 1. The Labute approximate surface area is 101 Å². The van der Waals surface area contributed by atoms with Crippen molar-refractivity contribution in [3.05, 3.63) is 33.3 Å². The molecule has 1 aromatic rings. The highest BCUT2D eigenvalue weighted by atomic mass is 79.9. The van der Waals surface area contributed by atoms with Crippen LogP contribution in [0.1, 0.15) is 21.5 Å². The molecule has 16 heavy (non-hydrogen) atoms. The summed E-state index contributed by atoms with van der Waals surface area (Å²) in [5.41, 5.74) is 1.24. The third-order valence-electron chi connectivity index (χ3n) is 2.04. The van der Waals surface area contributed by atoms with Crippen LogP contribution in [-0.4, -0.2) is 19.4 Å². The molecule has 0 heterocycles. The predicted octanol–water partition coefficient (Wildman–Crippen LogP) is 1.85. The molecular weight excluding hydrogens is 274 g/mol. The van der Waals surface area contributed by atoms with Crippen LogP contribution in [0.3, 0.4) is 0 Å². The second kappa shape index (κ2) is 5.42. The number of nitriles is 1. The van der Waals surface area contributed by atoms with Crippen LogP contribution in [0.15, 0.2) is 16.6 Å². The third kappa shape index (κ3) is 2.67. The molecule has 0 fully saturated rings. The minimum Gasteiger partial charge on any atom is -0.469 e. The van der Waals surface area contributed by atoms with Crippen molar-refractivity contribution >= 4 is 28.2 Å². The number of hydrogen-bond acceptors (Lipinski definition) is 4. The Morgan fingerprint density at radius 1 is 1.62 bits per heavy atom. The Hall–Kier alpha value is -1.67. The smallest absolute Gasteiger partial charge is 0.310 e. The lowest BCUT2D eigenvalue weighted by Crippen LogP contribution is -2.07. The topological polar surface area (TPSA) is 67.2 Å². The zero-order valence-corrected chi connectivity index (χ0v) is 10.1. The number of nitrogens with zero attached hydrogens (tertiary/aromatic N) is 1. The van der Waals surface area contributed by atoms with E-state index in [9.17, 15) is 9.59 Å². The zero-order valence-electron chi connectivity index (χ0n) is 8.49. The number of hydrogen-bond donors (Lipinski definition) is 0. The summed E-state index contributed by atoms with van der Waals surface area (Å²) in [6.45, 7) is 0. The molecular formula is C11H8BrNO3. The van der Waals surface area contributed by atoms with E-state index in [2.05, 4.69) is 20.7 Å². The molecule has 4 nitrogen and oxygen atoms in total. The number of carbonyl (C=O) groups excluding carboxylic acids is 2. The first kappa shape index (κ1) is 12.4. The van der Waals surface area contributed by atoms with E-state index in [0.717, 1.165) is 0 Å². The Balaban J connectivity index is 3.21. The minimum atomic E-state index is -0.450. The maximum Gasteiger partial charge on any atom is 0.310 e. The van der Waals surface area contributed by atoms with Gasteiger partial charge in [-0.2, -0.15) is 5.26 Å². The summed E-state index contributed by atoms with van der Waals surface area (Å²) in [5.74, 6) is -0.450. The average molecular weight is 282 g/mol. The second-order valence-corrected chi connectivity index (χ2v) is 3.87. The van der Waals surface area contributed by atoms with Crippen LogP contribution in [0.2, 0.25) is 0 Å². The molecule has 0 saturated carbocycles. The van der Waals surface area contributed by atoms with Crippen LogP contribution in [0, 0.1) is 11.3 Å². The number of esters is 1. The van der Waals surface area contributed by atoms with E-state index in [1.807, 2.05) is 6.07 Å². The molecule has 5 heteroatoms. The van der Waals surface area contributed by atoms with Gasteiger partial charge in [-0.1, -0.05) is 0 Å². The van der Waals surface area contributed by atoms with Gasteiger partial charge in [0.25, 0.3) is 0 Å². The van der Waals surface area contributed by atoms with Gasteiger partial charge in [0.2, 0.25) is 0 Å². The quantitative estimate of drug-likeness (QED) is 0.626. The average Bonchev–Trinajstić information content (AvgIpc) is 2.30. The molecule has 1 aromatic carbocycles. The maximum absolute atomic E-state index is 11.1. The molecule has 0 aliphatic heterocycles. The molecule has 0 amide bonds. The number of ether oxygens (including phenoxy) is 1. The summed E-state index contributed by atoms with van der Waals surface area (Å²) in [4.78, 5) is 21.9. The zero-order chi connectivity index (χ0) is 12.1. The van der Waals surface area contributed by atoms with Crippen molar-refractivity contribution in [3.8, 4) is 6.07 Å². The van der Waals surface area contributed by atoms with E-state index in [1.54, 1.807) is 0 Å². The summed E-state index contributed by atoms with van der Waals surface area (Å²) in [5, 5.41) is 8.81. The van der Waals surface area contributed by atoms with Gasteiger partial charge in [0, 0.05) is 10.0 Å². The van der Waals surface area contributed by atoms with Crippen LogP contribution >= 0.6 is 15.9 Å². The first-order chi connectivity index (χ1) is 7.62. The van der Waals surface area contributed by atoms with Crippen molar-refractivity contribution < 1.29 is 14.3 Å². The molecule has 0 radical (unpaired) electrons. The van der Waals surface area contributed by atoms with Crippen LogP contribution in [0.5, 0.6) is 0 Å². The summed E-state index contributed by atoms with van der Waals surface area (Å²) >= 11 is 3.17. The molecule has 0 N–H and O–H groups in total. The van der Waals surface area contributed by atoms with Gasteiger partial charge in [0.05, 0.1) is 19.1 Å². The summed E-state index contributed by atoms with van der Waals surface area (Å²) < 4.78 is 5.04. The molecule has 0 spiro atoms. The van der Waals surface area contributed by atoms with E-state index >= 15 is 0 Å². The van der Waals surface area contributed by atoms with Gasteiger partial charge in [-0.15, -0.1) is 0 Å². The molecule has 0 aliphatic rings. The lowest BCUT2D eigenvalue weighted by molar-refractivity contribution is -0.139. The third-order valence-corrected chi connectivity index (χ3v) is 2.69. The number of carbonyl (C=O) groups is 2. The molecule has 0 saturated heterocycles. The van der Waals surface area contributed by atoms with Gasteiger partial charge < -0.3 is 4.74 Å². The van der Waals surface area contributed by atoms with Crippen molar-refractivity contribution in [2.45, 2.75) is 6.42 Å². The van der Waals surface area contributed by atoms with Gasteiger partial charge in [0.1, 0.15) is 12.4 Å². The highest BCUT2D eigenvalue weighted by Crippen LogP contribution is 2.21. The van der Waals surface area contributed by atoms with Crippen LogP contribution in [0.25, 0.3) is 0 Å². The molecule has 1 rings (SSSR count). The van der Waals surface area contributed by atoms with Gasteiger partial charge in [-0.25, -0.2) is 0 Å². The monoisotopic (exact) mass is 281 g/mol. The minimum absolute atomic E-state index is 0.0213. The lowest BCUT2D eigenvalue weighted by atomic mass is 10.0. The number of rotatable bonds is 3. The Morgan fingerprint density at radius 2 is 2.31 bits per heavy atom. The first-order valence-electron chi connectivity index (χ1n) is 4.37. The van der Waals surface area contributed by atoms with Crippen molar-refractivity contribution in [1.82, 2.24) is 0 Å². The number of benzene rings is 1. The largest absolute Gasteiger partial charge is 0.469 e. The fourth-order valence-corrected chi connectivity index (χ4v) is 1.66. The summed E-state index contributed by atoms with van der Waals surface area (Å²) in [6.07, 6.45) is 0.622. The Kier molecular flexibility index (Phi) is 4.20. The highest BCUT2D eigenvalue weighted by molar-refractivity contribution is 9.10. The van der Waals surface area contributed by atoms with E-state index in [4.69, 9.17) is 5.26 Å². The second-order valence-electron chi connectivity index (χ2n) is 3.01. The van der Waals surface area contributed by atoms with Gasteiger partial charge in [-0.3, -0.25) is 9.59 Å². The van der Waals surface area contributed by atoms with Crippen molar-refractivity contribution in [1.29, 1.82) is 5.26 Å². The molecule has 0 aliphatic carbocycles. The van der Waals surface area contributed by atoms with Gasteiger partial charge >= 0.3 is 5.97 Å². The Morgan fingerprint density at radius 3 is 2.81 bits per heavy atom. The van der Waals surface area contributed by atoms with E-state index in [-0.39, 0.29) is 6.42 Å². The molecule has 0 unspecified atom stereocenters. The van der Waals surface area contributed by atoms with Crippen LogP contribution < -0.4 is 0 Å². The van der Waals surface area contributed by atoms with Crippen LogP contribution in [-0.2, 0) is 16.0 Å². The number of halogens is 1. The Bertz CT molecular complexity index is 477. The predicted molar refractivity (Wildman–Crippen MR) is 60.0 cm³/mol. The lowest BCUT2D eigenvalue weighted by Gasteiger charge is -2.05. The molecule has 0 aromatic heterocycles. The fourth-order valence-electron chi connectivity index (χ4n) is 1.21.